The Morgan fingerprint density at radius 2 is 2.08 bits per heavy atom. The quantitative estimate of drug-likeness (QED) is 0.722. The summed E-state index contributed by atoms with van der Waals surface area (Å²) in [5.74, 6) is 0.574. The summed E-state index contributed by atoms with van der Waals surface area (Å²) >= 11 is 1.76. The van der Waals surface area contributed by atoms with Crippen molar-refractivity contribution in [3.63, 3.8) is 0 Å². The van der Waals surface area contributed by atoms with Crippen molar-refractivity contribution in [1.29, 1.82) is 0 Å². The summed E-state index contributed by atoms with van der Waals surface area (Å²) in [6.45, 7) is 1.63. The van der Waals surface area contributed by atoms with E-state index in [9.17, 15) is 4.79 Å². The van der Waals surface area contributed by atoms with Crippen LogP contribution in [0.2, 0.25) is 0 Å². The second-order valence-corrected chi connectivity index (χ2v) is 7.51. The molecule has 5 nitrogen and oxygen atoms in total. The Balaban J connectivity index is 1.41. The van der Waals surface area contributed by atoms with E-state index < -0.39 is 0 Å². The summed E-state index contributed by atoms with van der Waals surface area (Å²) in [6, 6.07) is 8.25. The molecule has 1 aliphatic heterocycles. The van der Waals surface area contributed by atoms with Crippen molar-refractivity contribution >= 4 is 27.5 Å². The van der Waals surface area contributed by atoms with Crippen LogP contribution in [0.25, 0.3) is 10.2 Å². The van der Waals surface area contributed by atoms with Crippen molar-refractivity contribution in [2.24, 2.45) is 0 Å². The lowest BCUT2D eigenvalue weighted by molar-refractivity contribution is -0.132. The number of carbonyl (C=O) groups is 1. The van der Waals surface area contributed by atoms with Crippen molar-refractivity contribution < 1.29 is 4.79 Å². The molecule has 0 aliphatic carbocycles. The Hall–Kier alpha value is -2.34. The molecule has 6 heteroatoms. The molecule has 128 valence electrons. The monoisotopic (exact) mass is 352 g/mol. The molecule has 3 heterocycles. The molecule has 25 heavy (non-hydrogen) atoms. The van der Waals surface area contributed by atoms with Crippen molar-refractivity contribution in [3.8, 4) is 0 Å². The van der Waals surface area contributed by atoms with E-state index in [1.165, 1.54) is 11.0 Å². The number of rotatable bonds is 4. The van der Waals surface area contributed by atoms with Gasteiger partial charge in [-0.1, -0.05) is 12.1 Å². The van der Waals surface area contributed by atoms with E-state index in [0.29, 0.717) is 18.8 Å². The van der Waals surface area contributed by atoms with Gasteiger partial charge in [0.25, 0.3) is 0 Å². The fourth-order valence-corrected chi connectivity index (χ4v) is 4.43. The summed E-state index contributed by atoms with van der Waals surface area (Å²) in [6.07, 6.45) is 8.43. The van der Waals surface area contributed by atoms with Crippen LogP contribution in [0.15, 0.2) is 43.0 Å². The molecule has 1 saturated heterocycles. The molecule has 0 radical (unpaired) electrons. The number of piperidine rings is 1. The van der Waals surface area contributed by atoms with Crippen LogP contribution in [-0.4, -0.2) is 38.8 Å². The van der Waals surface area contributed by atoms with E-state index in [4.69, 9.17) is 4.98 Å². The molecule has 1 aromatic carbocycles. The van der Waals surface area contributed by atoms with Gasteiger partial charge in [0, 0.05) is 37.8 Å². The van der Waals surface area contributed by atoms with Crippen LogP contribution in [0.5, 0.6) is 0 Å². The molecule has 0 saturated carbocycles. The Morgan fingerprint density at radius 1 is 1.24 bits per heavy atom. The van der Waals surface area contributed by atoms with E-state index in [0.717, 1.165) is 42.0 Å². The molecule has 4 rings (SSSR count). The van der Waals surface area contributed by atoms with Crippen molar-refractivity contribution in [2.45, 2.75) is 31.6 Å². The van der Waals surface area contributed by atoms with Gasteiger partial charge in [-0.2, -0.15) is 0 Å². The number of aromatic nitrogens is 3. The molecule has 1 amide bonds. The summed E-state index contributed by atoms with van der Waals surface area (Å²) in [5, 5.41) is 1.16. The van der Waals surface area contributed by atoms with E-state index >= 15 is 0 Å². The average molecular weight is 352 g/mol. The van der Waals surface area contributed by atoms with Crippen molar-refractivity contribution in [3.05, 3.63) is 53.6 Å². The fourth-order valence-electron chi connectivity index (χ4n) is 3.34. The highest BCUT2D eigenvalue weighted by Gasteiger charge is 2.26. The highest BCUT2D eigenvalue weighted by Crippen LogP contribution is 2.33. The number of hydrogen-bond acceptors (Lipinski definition) is 5. The van der Waals surface area contributed by atoms with Crippen molar-refractivity contribution in [2.75, 3.05) is 13.1 Å². The molecule has 2 aromatic heterocycles. The maximum absolute atomic E-state index is 12.6. The average Bonchev–Trinajstić information content (AvgIpc) is 3.11. The van der Waals surface area contributed by atoms with Gasteiger partial charge in [0.05, 0.1) is 15.2 Å². The van der Waals surface area contributed by atoms with E-state index in [2.05, 4.69) is 22.1 Å². The SMILES string of the molecule is O=C(CCc1cncnc1)N1CCCC(c2nc3ccccc3s2)C1. The van der Waals surface area contributed by atoms with Crippen molar-refractivity contribution in [1.82, 2.24) is 19.9 Å². The first-order valence-corrected chi connectivity index (χ1v) is 9.48. The second kappa shape index (κ2) is 7.27. The zero-order valence-electron chi connectivity index (χ0n) is 14.0. The van der Waals surface area contributed by atoms with E-state index in [1.54, 1.807) is 23.7 Å². The Morgan fingerprint density at radius 3 is 2.92 bits per heavy atom. The van der Waals surface area contributed by atoms with Gasteiger partial charge in [-0.25, -0.2) is 15.0 Å². The van der Waals surface area contributed by atoms with E-state index in [1.807, 2.05) is 17.0 Å². The Labute approximate surface area is 150 Å². The third-order valence-electron chi connectivity index (χ3n) is 4.68. The van der Waals surface area contributed by atoms with Crippen LogP contribution in [0.4, 0.5) is 0 Å². The molecule has 1 fully saturated rings. The van der Waals surface area contributed by atoms with Crippen LogP contribution < -0.4 is 0 Å². The zero-order valence-corrected chi connectivity index (χ0v) is 14.8. The zero-order chi connectivity index (χ0) is 17.1. The minimum atomic E-state index is 0.217. The lowest BCUT2D eigenvalue weighted by Crippen LogP contribution is -2.39. The highest BCUT2D eigenvalue weighted by molar-refractivity contribution is 7.18. The van der Waals surface area contributed by atoms with Gasteiger partial charge in [-0.3, -0.25) is 4.79 Å². The minimum absolute atomic E-state index is 0.217. The maximum Gasteiger partial charge on any atom is 0.222 e. The first kappa shape index (κ1) is 16.1. The topological polar surface area (TPSA) is 59.0 Å². The smallest absolute Gasteiger partial charge is 0.222 e. The molecular formula is C19H20N4OS. The molecule has 1 unspecified atom stereocenters. The third kappa shape index (κ3) is 3.69. The predicted molar refractivity (Wildman–Crippen MR) is 98.5 cm³/mol. The number of nitrogens with zero attached hydrogens (tertiary/aromatic N) is 4. The van der Waals surface area contributed by atoms with Crippen LogP contribution >= 0.6 is 11.3 Å². The molecule has 0 N–H and O–H groups in total. The predicted octanol–water partition coefficient (Wildman–Crippen LogP) is 3.43. The number of benzene rings is 1. The molecule has 3 aromatic rings. The molecule has 0 spiro atoms. The van der Waals surface area contributed by atoms with Gasteiger partial charge in [0.15, 0.2) is 0 Å². The van der Waals surface area contributed by atoms with Crippen LogP contribution in [0, 0.1) is 0 Å². The van der Waals surface area contributed by atoms with Crippen LogP contribution in [-0.2, 0) is 11.2 Å². The van der Waals surface area contributed by atoms with E-state index in [-0.39, 0.29) is 5.91 Å². The number of thiazole rings is 1. The standard InChI is InChI=1S/C19H20N4OS/c24-18(8-7-14-10-20-13-21-11-14)23-9-3-4-15(12-23)19-22-16-5-1-2-6-17(16)25-19/h1-2,5-6,10-11,13,15H,3-4,7-9,12H2. The molecule has 0 bridgehead atoms. The number of carbonyl (C=O) groups excluding carboxylic acids is 1. The number of aryl methyl sites for hydroxylation is 1. The van der Waals surface area contributed by atoms with Crippen LogP contribution in [0.1, 0.15) is 35.8 Å². The summed E-state index contributed by atoms with van der Waals surface area (Å²) in [4.78, 5) is 27.4. The Kier molecular flexibility index (Phi) is 4.70. The van der Waals surface area contributed by atoms with Gasteiger partial charge in [0.1, 0.15) is 6.33 Å². The normalized spacial score (nSPS) is 17.8. The highest BCUT2D eigenvalue weighted by atomic mass is 32.1. The van der Waals surface area contributed by atoms with Gasteiger partial charge in [-0.05, 0) is 37.0 Å². The number of fused-ring (bicyclic) bond motifs is 1. The summed E-state index contributed by atoms with van der Waals surface area (Å²) < 4.78 is 1.23. The number of para-hydroxylation sites is 1. The fraction of sp³-hybridized carbons (Fsp3) is 0.368. The lowest BCUT2D eigenvalue weighted by atomic mass is 9.98. The van der Waals surface area contributed by atoms with Gasteiger partial charge >= 0.3 is 0 Å². The van der Waals surface area contributed by atoms with Gasteiger partial charge in [0.2, 0.25) is 5.91 Å². The first-order valence-electron chi connectivity index (χ1n) is 8.67. The maximum atomic E-state index is 12.6. The third-order valence-corrected chi connectivity index (χ3v) is 5.87. The largest absolute Gasteiger partial charge is 0.342 e. The summed E-state index contributed by atoms with van der Waals surface area (Å²) in [7, 11) is 0. The van der Waals surface area contributed by atoms with Crippen LogP contribution in [0.3, 0.4) is 0 Å². The van der Waals surface area contributed by atoms with Gasteiger partial charge in [-0.15, -0.1) is 11.3 Å². The molecule has 1 atom stereocenters. The molecule has 1 aliphatic rings. The summed E-state index contributed by atoms with van der Waals surface area (Å²) in [5.41, 5.74) is 2.07. The number of likely N-dealkylation sites (tertiary alicyclic amines) is 1. The van der Waals surface area contributed by atoms with Gasteiger partial charge < -0.3 is 4.90 Å². The minimum Gasteiger partial charge on any atom is -0.342 e. The second-order valence-electron chi connectivity index (χ2n) is 6.45. The Bertz CT molecular complexity index is 831. The number of hydrogen-bond donors (Lipinski definition) is 0. The lowest BCUT2D eigenvalue weighted by Gasteiger charge is -2.32. The number of amides is 1. The first-order chi connectivity index (χ1) is 12.3. The molecular weight excluding hydrogens is 332 g/mol.